The van der Waals surface area contributed by atoms with Crippen LogP contribution in [-0.4, -0.2) is 87.8 Å². The molecule has 0 spiro atoms. The molecular formula is C31H31ClF6N8O4. The number of aryl methyl sites for hydroxylation is 2. The quantitative estimate of drug-likeness (QED) is 0.215. The molecule has 0 aliphatic carbocycles. The van der Waals surface area contributed by atoms with Crippen LogP contribution in [0.5, 0.6) is 0 Å². The standard InChI is InChI=1S/C27H31ClN8O2.C4F6O2/c1-35(2)27(38)36-9-7-17(8-10-36)12-24(37)33-23-6-5-20-13-19(23)4-3-18-11-21(15-29-14-18)32-26-30-16-22(28)25(31-20)34-26;5-3(6,7)1(11)2(12)4(8,9)10/h5-6,11,13-17H,3-4,7-10,12H2,1-2H3,(H,33,37)(H2,30,31,32,34);. The summed E-state index contributed by atoms with van der Waals surface area (Å²) in [6, 6.07) is 7.87. The summed E-state index contributed by atoms with van der Waals surface area (Å²) in [4.78, 5) is 61.0. The maximum Gasteiger partial charge on any atom is 0.458 e. The highest BCUT2D eigenvalue weighted by molar-refractivity contribution is 6.41. The van der Waals surface area contributed by atoms with E-state index in [0.717, 1.165) is 47.5 Å². The number of amides is 3. The number of pyridine rings is 1. The second kappa shape index (κ2) is 15.7. The Balaban J connectivity index is 0.000000402. The van der Waals surface area contributed by atoms with Crippen molar-refractivity contribution in [2.75, 3.05) is 43.1 Å². The molecule has 3 aromatic rings. The number of aromatic nitrogens is 3. The number of halogens is 7. The Hall–Kier alpha value is -5.00. The molecule has 2 aromatic heterocycles. The molecule has 5 rings (SSSR count). The molecule has 1 aromatic carbocycles. The van der Waals surface area contributed by atoms with Gasteiger partial charge in [0, 0.05) is 51.2 Å². The van der Waals surface area contributed by atoms with Crippen LogP contribution in [0.2, 0.25) is 5.02 Å². The summed E-state index contributed by atoms with van der Waals surface area (Å²) >= 11 is 6.36. The lowest BCUT2D eigenvalue weighted by molar-refractivity contribution is -0.193. The number of fused-ring (bicyclic) bond motifs is 6. The first-order chi connectivity index (χ1) is 23.4. The molecule has 2 aliphatic heterocycles. The van der Waals surface area contributed by atoms with E-state index in [1.54, 1.807) is 31.4 Å². The van der Waals surface area contributed by atoms with E-state index >= 15 is 0 Å². The Morgan fingerprint density at radius 1 is 0.920 bits per heavy atom. The lowest BCUT2D eigenvalue weighted by Gasteiger charge is -2.33. The van der Waals surface area contributed by atoms with Crippen LogP contribution in [0.4, 0.5) is 60.0 Å². The number of carbonyl (C=O) groups is 4. The van der Waals surface area contributed by atoms with E-state index < -0.39 is 23.9 Å². The number of ketones is 2. The molecule has 3 amide bonds. The van der Waals surface area contributed by atoms with Gasteiger partial charge in [-0.25, -0.2) is 9.78 Å². The van der Waals surface area contributed by atoms with Crippen molar-refractivity contribution in [3.05, 3.63) is 59.0 Å². The molecule has 2 aliphatic rings. The van der Waals surface area contributed by atoms with Crippen molar-refractivity contribution in [3.63, 3.8) is 0 Å². The zero-order valence-electron chi connectivity index (χ0n) is 26.6. The van der Waals surface area contributed by atoms with Crippen molar-refractivity contribution >= 4 is 63.9 Å². The van der Waals surface area contributed by atoms with E-state index in [1.165, 1.54) is 0 Å². The number of hydrogen-bond acceptors (Lipinski definition) is 9. The molecular weight excluding hydrogens is 698 g/mol. The van der Waals surface area contributed by atoms with Crippen molar-refractivity contribution in [3.8, 4) is 0 Å². The number of rotatable bonds is 4. The highest BCUT2D eigenvalue weighted by Gasteiger charge is 2.54. The minimum Gasteiger partial charge on any atom is -0.339 e. The second-order valence-corrected chi connectivity index (χ2v) is 12.0. The van der Waals surface area contributed by atoms with Crippen LogP contribution in [0.15, 0.2) is 42.9 Å². The Morgan fingerprint density at radius 3 is 2.20 bits per heavy atom. The normalized spacial score (nSPS) is 14.6. The van der Waals surface area contributed by atoms with Gasteiger partial charge in [-0.2, -0.15) is 31.3 Å². The second-order valence-electron chi connectivity index (χ2n) is 11.6. The molecule has 19 heteroatoms. The van der Waals surface area contributed by atoms with E-state index in [-0.39, 0.29) is 17.9 Å². The van der Waals surface area contributed by atoms with Crippen molar-refractivity contribution < 1.29 is 45.5 Å². The number of piperidine rings is 1. The highest BCUT2D eigenvalue weighted by Crippen LogP contribution is 2.30. The molecule has 0 radical (unpaired) electrons. The summed E-state index contributed by atoms with van der Waals surface area (Å²) in [5.41, 5.74) is 4.43. The van der Waals surface area contributed by atoms with Crippen LogP contribution in [0.1, 0.15) is 30.4 Å². The van der Waals surface area contributed by atoms with E-state index in [1.807, 2.05) is 35.4 Å². The van der Waals surface area contributed by atoms with Gasteiger partial charge in [0.15, 0.2) is 5.82 Å². The third-order valence-corrected chi connectivity index (χ3v) is 7.86. The minimum absolute atomic E-state index is 0.0152. The molecule has 0 atom stereocenters. The Kier molecular flexibility index (Phi) is 11.9. The average Bonchev–Trinajstić information content (AvgIpc) is 3.05. The van der Waals surface area contributed by atoms with Gasteiger partial charge in [0.1, 0.15) is 5.02 Å². The fourth-order valence-electron chi connectivity index (χ4n) is 5.08. The van der Waals surface area contributed by atoms with Crippen LogP contribution in [-0.2, 0) is 27.2 Å². The monoisotopic (exact) mass is 728 g/mol. The van der Waals surface area contributed by atoms with Gasteiger partial charge in [-0.1, -0.05) is 11.6 Å². The van der Waals surface area contributed by atoms with Gasteiger partial charge in [0.2, 0.25) is 11.9 Å². The van der Waals surface area contributed by atoms with Gasteiger partial charge in [-0.15, -0.1) is 0 Å². The Labute approximate surface area is 286 Å². The van der Waals surface area contributed by atoms with Crippen molar-refractivity contribution in [2.45, 2.75) is 44.5 Å². The van der Waals surface area contributed by atoms with Crippen LogP contribution < -0.4 is 16.0 Å². The molecule has 4 heterocycles. The maximum absolute atomic E-state index is 13.0. The van der Waals surface area contributed by atoms with Crippen LogP contribution in [0.3, 0.4) is 0 Å². The minimum atomic E-state index is -5.77. The fourth-order valence-corrected chi connectivity index (χ4v) is 5.22. The van der Waals surface area contributed by atoms with Gasteiger partial charge in [-0.3, -0.25) is 19.4 Å². The molecule has 3 N–H and O–H groups in total. The van der Waals surface area contributed by atoms with Gasteiger partial charge < -0.3 is 25.8 Å². The van der Waals surface area contributed by atoms with Gasteiger partial charge in [0.25, 0.3) is 0 Å². The third-order valence-electron chi connectivity index (χ3n) is 7.58. The predicted octanol–water partition coefficient (Wildman–Crippen LogP) is 6.08. The molecule has 0 unspecified atom stereocenters. The SMILES string of the molecule is CN(C)C(=O)N1CCC(CC(=O)Nc2ccc3cc2CCc2cncc(c2)Nc2ncc(Cl)c(n2)N3)CC1.O=C(C(=O)C(F)(F)F)C(F)(F)F. The number of Topliss-reactive ketones (excluding diaryl/α,β-unsaturated/α-hetero) is 2. The van der Waals surface area contributed by atoms with Crippen molar-refractivity contribution in [2.24, 2.45) is 5.92 Å². The molecule has 1 saturated heterocycles. The zero-order chi connectivity index (χ0) is 36.8. The topological polar surface area (TPSA) is 150 Å². The zero-order valence-corrected chi connectivity index (χ0v) is 27.3. The van der Waals surface area contributed by atoms with Crippen LogP contribution in [0.25, 0.3) is 0 Å². The van der Waals surface area contributed by atoms with E-state index in [9.17, 15) is 45.5 Å². The summed E-state index contributed by atoms with van der Waals surface area (Å²) in [5.74, 6) is -5.68. The first kappa shape index (κ1) is 37.8. The first-order valence-electron chi connectivity index (χ1n) is 15.0. The van der Waals surface area contributed by atoms with Crippen LogP contribution >= 0.6 is 11.6 Å². The predicted molar refractivity (Wildman–Crippen MR) is 170 cm³/mol. The fraction of sp³-hybridized carbons (Fsp3) is 0.387. The van der Waals surface area contributed by atoms with Gasteiger partial charge in [-0.05, 0) is 67.0 Å². The summed E-state index contributed by atoms with van der Waals surface area (Å²) in [5, 5.41) is 9.99. The first-order valence-corrected chi connectivity index (χ1v) is 15.4. The number of alkyl halides is 6. The number of benzene rings is 1. The number of hydrogen-bond donors (Lipinski definition) is 3. The molecule has 12 nitrogen and oxygen atoms in total. The maximum atomic E-state index is 13.0. The summed E-state index contributed by atoms with van der Waals surface area (Å²) in [7, 11) is 3.52. The summed E-state index contributed by atoms with van der Waals surface area (Å²) in [6.07, 6.45) is -2.91. The van der Waals surface area contributed by atoms with Gasteiger partial charge in [0.05, 0.1) is 18.1 Å². The number of urea groups is 1. The number of anilines is 5. The number of carbonyl (C=O) groups excluding carboxylic acids is 4. The summed E-state index contributed by atoms with van der Waals surface area (Å²) < 4.78 is 67.0. The Morgan fingerprint density at radius 2 is 1.58 bits per heavy atom. The lowest BCUT2D eigenvalue weighted by atomic mass is 9.93. The average molecular weight is 729 g/mol. The van der Waals surface area contributed by atoms with E-state index in [0.29, 0.717) is 42.7 Å². The molecule has 268 valence electrons. The summed E-state index contributed by atoms with van der Waals surface area (Å²) in [6.45, 7) is 1.35. The van der Waals surface area contributed by atoms with E-state index in [2.05, 4.69) is 30.9 Å². The number of nitrogens with one attached hydrogen (secondary N) is 3. The smallest absolute Gasteiger partial charge is 0.339 e. The van der Waals surface area contributed by atoms with Crippen molar-refractivity contribution in [1.29, 1.82) is 0 Å². The number of nitrogens with zero attached hydrogens (tertiary/aromatic N) is 5. The molecule has 6 bridgehead atoms. The highest BCUT2D eigenvalue weighted by atomic mass is 35.5. The van der Waals surface area contributed by atoms with E-state index in [4.69, 9.17) is 11.6 Å². The molecule has 0 saturated carbocycles. The molecule has 1 fully saturated rings. The Bertz CT molecular complexity index is 1720. The largest absolute Gasteiger partial charge is 0.458 e. The van der Waals surface area contributed by atoms with Crippen LogP contribution in [0, 0.1) is 5.92 Å². The van der Waals surface area contributed by atoms with Crippen molar-refractivity contribution in [1.82, 2.24) is 24.8 Å². The lowest BCUT2D eigenvalue weighted by Crippen LogP contribution is -2.44. The number of likely N-dealkylation sites (tertiary alicyclic amines) is 1. The molecule has 50 heavy (non-hydrogen) atoms. The third kappa shape index (κ3) is 10.3. The van der Waals surface area contributed by atoms with Gasteiger partial charge >= 0.3 is 30.0 Å².